The van der Waals surface area contributed by atoms with Crippen LogP contribution in [0, 0.1) is 0 Å². The van der Waals surface area contributed by atoms with Gasteiger partial charge in [0, 0.05) is 6.04 Å². The predicted octanol–water partition coefficient (Wildman–Crippen LogP) is 2.61. The quantitative estimate of drug-likeness (QED) is 0.840. The Bertz CT molecular complexity index is 471. The van der Waals surface area contributed by atoms with Crippen LogP contribution in [0.25, 0.3) is 0 Å². The maximum Gasteiger partial charge on any atom is 0.344 e. The lowest BCUT2D eigenvalue weighted by Gasteiger charge is -2.26. The van der Waals surface area contributed by atoms with Crippen LogP contribution in [-0.4, -0.2) is 25.7 Å². The summed E-state index contributed by atoms with van der Waals surface area (Å²) in [4.78, 5) is 11.6. The molecule has 0 aliphatic heterocycles. The normalized spacial score (nSPS) is 17.7. The summed E-state index contributed by atoms with van der Waals surface area (Å²) in [5, 5.41) is 3.33. The van der Waals surface area contributed by atoms with Gasteiger partial charge >= 0.3 is 5.97 Å². The molecule has 0 amide bonds. The van der Waals surface area contributed by atoms with Crippen LogP contribution in [0.15, 0.2) is 18.2 Å². The van der Waals surface area contributed by atoms with Crippen molar-refractivity contribution in [3.05, 3.63) is 29.3 Å². The van der Waals surface area contributed by atoms with Gasteiger partial charge in [0.05, 0.1) is 6.10 Å². The van der Waals surface area contributed by atoms with Crippen molar-refractivity contribution in [2.24, 2.45) is 0 Å². The standard InChI is InChI=1S/C16H23NO3/c1-11(2)20-16(18)10-19-15-9-5-6-12-13(15)7-4-8-14(12)17-3/h5-6,9,11,14,17H,4,7-8,10H2,1-3H3. The minimum atomic E-state index is -0.321. The zero-order valence-corrected chi connectivity index (χ0v) is 12.4. The van der Waals surface area contributed by atoms with Crippen LogP contribution in [0.3, 0.4) is 0 Å². The smallest absolute Gasteiger partial charge is 0.344 e. The van der Waals surface area contributed by atoms with E-state index in [0.29, 0.717) is 6.04 Å². The third kappa shape index (κ3) is 3.51. The first-order valence-corrected chi connectivity index (χ1v) is 7.23. The van der Waals surface area contributed by atoms with Gasteiger partial charge in [0.2, 0.25) is 0 Å². The highest BCUT2D eigenvalue weighted by molar-refractivity contribution is 5.71. The van der Waals surface area contributed by atoms with Crippen LogP contribution < -0.4 is 10.1 Å². The molecule has 1 atom stereocenters. The molecule has 0 spiro atoms. The Morgan fingerprint density at radius 2 is 2.25 bits per heavy atom. The van der Waals surface area contributed by atoms with E-state index < -0.39 is 0 Å². The maximum atomic E-state index is 11.6. The fourth-order valence-electron chi connectivity index (χ4n) is 2.68. The highest BCUT2D eigenvalue weighted by Gasteiger charge is 2.21. The van der Waals surface area contributed by atoms with Crippen molar-refractivity contribution in [1.82, 2.24) is 5.32 Å². The van der Waals surface area contributed by atoms with Crippen LogP contribution in [0.1, 0.15) is 43.9 Å². The van der Waals surface area contributed by atoms with Crippen molar-refractivity contribution in [3.8, 4) is 5.75 Å². The molecule has 110 valence electrons. The monoisotopic (exact) mass is 277 g/mol. The third-order valence-electron chi connectivity index (χ3n) is 3.53. The molecule has 20 heavy (non-hydrogen) atoms. The SMILES string of the molecule is CNC1CCCc2c(OCC(=O)OC(C)C)cccc21. The molecule has 1 aromatic carbocycles. The van der Waals surface area contributed by atoms with Gasteiger partial charge in [0.1, 0.15) is 5.75 Å². The van der Waals surface area contributed by atoms with E-state index in [1.54, 1.807) is 0 Å². The van der Waals surface area contributed by atoms with Gasteiger partial charge in [0.15, 0.2) is 6.61 Å². The largest absolute Gasteiger partial charge is 0.482 e. The number of carbonyl (C=O) groups excluding carboxylic acids is 1. The Labute approximate surface area is 120 Å². The summed E-state index contributed by atoms with van der Waals surface area (Å²) in [6.45, 7) is 3.64. The van der Waals surface area contributed by atoms with E-state index >= 15 is 0 Å². The fraction of sp³-hybridized carbons (Fsp3) is 0.562. The molecule has 1 N–H and O–H groups in total. The van der Waals surface area contributed by atoms with Gasteiger partial charge in [-0.3, -0.25) is 0 Å². The number of carbonyl (C=O) groups is 1. The van der Waals surface area contributed by atoms with Crippen LogP contribution in [0.2, 0.25) is 0 Å². The lowest BCUT2D eigenvalue weighted by molar-refractivity contribution is -0.149. The molecule has 4 heteroatoms. The molecule has 2 rings (SSSR count). The summed E-state index contributed by atoms with van der Waals surface area (Å²) in [6, 6.07) is 6.43. The lowest BCUT2D eigenvalue weighted by atomic mass is 9.87. The Kier molecular flexibility index (Phi) is 5.01. The Morgan fingerprint density at radius 1 is 1.45 bits per heavy atom. The second-order valence-corrected chi connectivity index (χ2v) is 5.38. The highest BCUT2D eigenvalue weighted by atomic mass is 16.6. The van der Waals surface area contributed by atoms with Gasteiger partial charge in [-0.15, -0.1) is 0 Å². The van der Waals surface area contributed by atoms with E-state index in [4.69, 9.17) is 9.47 Å². The maximum absolute atomic E-state index is 11.6. The second kappa shape index (κ2) is 6.75. The molecule has 1 aromatic rings. The van der Waals surface area contributed by atoms with Gasteiger partial charge in [-0.2, -0.15) is 0 Å². The molecule has 0 heterocycles. The van der Waals surface area contributed by atoms with Crippen molar-refractivity contribution in [1.29, 1.82) is 0 Å². The first-order valence-electron chi connectivity index (χ1n) is 7.23. The van der Waals surface area contributed by atoms with E-state index in [9.17, 15) is 4.79 Å². The molecule has 0 saturated carbocycles. The van der Waals surface area contributed by atoms with E-state index in [1.807, 2.05) is 33.0 Å². The summed E-state index contributed by atoms with van der Waals surface area (Å²) in [5.41, 5.74) is 2.50. The van der Waals surface area contributed by atoms with Crippen molar-refractivity contribution >= 4 is 5.97 Å². The van der Waals surface area contributed by atoms with Gasteiger partial charge in [-0.25, -0.2) is 4.79 Å². The van der Waals surface area contributed by atoms with Crippen LogP contribution in [0.5, 0.6) is 5.75 Å². The Hall–Kier alpha value is -1.55. The third-order valence-corrected chi connectivity index (χ3v) is 3.53. The first-order chi connectivity index (χ1) is 9.61. The number of esters is 1. The average molecular weight is 277 g/mol. The molecule has 1 unspecified atom stereocenters. The number of hydrogen-bond acceptors (Lipinski definition) is 4. The number of nitrogens with one attached hydrogen (secondary N) is 1. The summed E-state index contributed by atoms with van der Waals surface area (Å²) in [6.07, 6.45) is 3.17. The van der Waals surface area contributed by atoms with E-state index in [1.165, 1.54) is 11.1 Å². The van der Waals surface area contributed by atoms with Crippen molar-refractivity contribution in [2.75, 3.05) is 13.7 Å². The molecular formula is C16H23NO3. The van der Waals surface area contributed by atoms with Crippen molar-refractivity contribution in [2.45, 2.75) is 45.3 Å². The van der Waals surface area contributed by atoms with Crippen LogP contribution in [0.4, 0.5) is 0 Å². The van der Waals surface area contributed by atoms with Crippen LogP contribution >= 0.6 is 0 Å². The minimum Gasteiger partial charge on any atom is -0.482 e. The highest BCUT2D eigenvalue weighted by Crippen LogP contribution is 2.35. The van der Waals surface area contributed by atoms with Gasteiger partial charge in [0.25, 0.3) is 0 Å². The average Bonchev–Trinajstić information content (AvgIpc) is 2.43. The van der Waals surface area contributed by atoms with E-state index in [-0.39, 0.29) is 18.7 Å². The van der Waals surface area contributed by atoms with Gasteiger partial charge < -0.3 is 14.8 Å². The number of fused-ring (bicyclic) bond motifs is 1. The molecular weight excluding hydrogens is 254 g/mol. The first kappa shape index (κ1) is 14.9. The molecule has 0 radical (unpaired) electrons. The zero-order valence-electron chi connectivity index (χ0n) is 12.4. The summed E-state index contributed by atoms with van der Waals surface area (Å²) >= 11 is 0. The van der Waals surface area contributed by atoms with Crippen molar-refractivity contribution in [3.63, 3.8) is 0 Å². The molecule has 0 bridgehead atoms. The van der Waals surface area contributed by atoms with Crippen LogP contribution in [-0.2, 0) is 16.0 Å². The van der Waals surface area contributed by atoms with E-state index in [2.05, 4.69) is 11.4 Å². The topological polar surface area (TPSA) is 47.6 Å². The zero-order chi connectivity index (χ0) is 14.5. The number of ether oxygens (including phenoxy) is 2. The van der Waals surface area contributed by atoms with Crippen molar-refractivity contribution < 1.29 is 14.3 Å². The molecule has 0 saturated heterocycles. The second-order valence-electron chi connectivity index (χ2n) is 5.38. The lowest BCUT2D eigenvalue weighted by Crippen LogP contribution is -2.23. The number of hydrogen-bond donors (Lipinski definition) is 1. The van der Waals surface area contributed by atoms with E-state index in [0.717, 1.165) is 25.0 Å². The summed E-state index contributed by atoms with van der Waals surface area (Å²) in [5.74, 6) is 0.488. The minimum absolute atomic E-state index is 0.0289. The Morgan fingerprint density at radius 3 is 2.95 bits per heavy atom. The molecule has 0 aromatic heterocycles. The summed E-state index contributed by atoms with van der Waals surface area (Å²) < 4.78 is 10.7. The predicted molar refractivity (Wildman–Crippen MR) is 77.9 cm³/mol. The summed E-state index contributed by atoms with van der Waals surface area (Å²) in [7, 11) is 1.98. The number of benzene rings is 1. The fourth-order valence-corrected chi connectivity index (χ4v) is 2.68. The molecule has 1 aliphatic carbocycles. The molecule has 1 aliphatic rings. The Balaban J connectivity index is 2.07. The number of rotatable bonds is 5. The molecule has 0 fully saturated rings. The van der Waals surface area contributed by atoms with Gasteiger partial charge in [-0.1, -0.05) is 12.1 Å². The molecule has 4 nitrogen and oxygen atoms in total. The van der Waals surface area contributed by atoms with Gasteiger partial charge in [-0.05, 0) is 57.4 Å².